The molecule has 1 N–H and O–H groups in total. The van der Waals surface area contributed by atoms with Gasteiger partial charge < -0.3 is 10.1 Å². The molecule has 0 aliphatic carbocycles. The molecule has 0 radical (unpaired) electrons. The summed E-state index contributed by atoms with van der Waals surface area (Å²) in [4.78, 5) is 27.8. The van der Waals surface area contributed by atoms with E-state index < -0.39 is 0 Å². The molecule has 152 valence electrons. The molecule has 30 heavy (non-hydrogen) atoms. The number of nitrogens with zero attached hydrogens (tertiary/aromatic N) is 4. The fourth-order valence-corrected chi connectivity index (χ4v) is 3.03. The van der Waals surface area contributed by atoms with Crippen LogP contribution in [0, 0.1) is 5.82 Å². The van der Waals surface area contributed by atoms with Gasteiger partial charge in [-0.05, 0) is 36.4 Å². The van der Waals surface area contributed by atoms with Gasteiger partial charge in [-0.3, -0.25) is 19.1 Å². The van der Waals surface area contributed by atoms with Crippen molar-refractivity contribution in [2.45, 2.75) is 6.54 Å². The van der Waals surface area contributed by atoms with Crippen LogP contribution < -0.4 is 15.6 Å². The molecular formula is C21H18FN5O3. The van der Waals surface area contributed by atoms with Crippen molar-refractivity contribution in [2.75, 3.05) is 13.7 Å². The van der Waals surface area contributed by atoms with Gasteiger partial charge in [0.25, 0.3) is 11.5 Å². The number of fused-ring (bicyclic) bond motifs is 1. The zero-order chi connectivity index (χ0) is 21.1. The van der Waals surface area contributed by atoms with E-state index in [9.17, 15) is 14.0 Å². The number of rotatable bonds is 6. The van der Waals surface area contributed by atoms with Crippen molar-refractivity contribution in [3.63, 3.8) is 0 Å². The normalized spacial score (nSPS) is 10.9. The van der Waals surface area contributed by atoms with Gasteiger partial charge in [0.1, 0.15) is 23.9 Å². The molecule has 0 saturated heterocycles. The van der Waals surface area contributed by atoms with E-state index in [1.807, 2.05) is 6.07 Å². The number of pyridine rings is 1. The monoisotopic (exact) mass is 407 g/mol. The summed E-state index contributed by atoms with van der Waals surface area (Å²) in [5.41, 5.74) is 0.604. The highest BCUT2D eigenvalue weighted by atomic mass is 19.1. The van der Waals surface area contributed by atoms with E-state index in [0.717, 1.165) is 5.39 Å². The largest absolute Gasteiger partial charge is 0.492 e. The third kappa shape index (κ3) is 3.90. The van der Waals surface area contributed by atoms with Gasteiger partial charge in [0.2, 0.25) is 0 Å². The van der Waals surface area contributed by atoms with Crippen LogP contribution >= 0.6 is 0 Å². The molecule has 0 saturated carbocycles. The van der Waals surface area contributed by atoms with E-state index in [4.69, 9.17) is 4.74 Å². The number of amides is 1. The summed E-state index contributed by atoms with van der Waals surface area (Å²) in [6.45, 7) is 0.354. The number of nitrogens with one attached hydrogen (secondary N) is 1. The molecule has 4 rings (SSSR count). The van der Waals surface area contributed by atoms with Gasteiger partial charge in [-0.1, -0.05) is 0 Å². The molecule has 1 aromatic carbocycles. The van der Waals surface area contributed by atoms with Gasteiger partial charge in [-0.2, -0.15) is 5.10 Å². The Kier molecular flexibility index (Phi) is 5.25. The van der Waals surface area contributed by atoms with Crippen molar-refractivity contribution in [1.82, 2.24) is 24.6 Å². The number of hydrogen-bond acceptors (Lipinski definition) is 5. The zero-order valence-electron chi connectivity index (χ0n) is 16.1. The minimum Gasteiger partial charge on any atom is -0.492 e. The maximum Gasteiger partial charge on any atom is 0.269 e. The summed E-state index contributed by atoms with van der Waals surface area (Å²) < 4.78 is 22.3. The van der Waals surface area contributed by atoms with Crippen LogP contribution in [0.2, 0.25) is 0 Å². The number of benzene rings is 1. The average Bonchev–Trinajstić information content (AvgIpc) is 3.17. The second-order valence-corrected chi connectivity index (χ2v) is 6.45. The van der Waals surface area contributed by atoms with Crippen LogP contribution in [0.5, 0.6) is 5.75 Å². The first-order valence-corrected chi connectivity index (χ1v) is 9.21. The summed E-state index contributed by atoms with van der Waals surface area (Å²) in [6, 6.07) is 12.5. The van der Waals surface area contributed by atoms with Crippen LogP contribution in [0.3, 0.4) is 0 Å². The highest BCUT2D eigenvalue weighted by Gasteiger charge is 2.09. The Morgan fingerprint density at radius 1 is 1.17 bits per heavy atom. The van der Waals surface area contributed by atoms with Crippen molar-refractivity contribution in [2.24, 2.45) is 0 Å². The molecular weight excluding hydrogens is 389 g/mol. The van der Waals surface area contributed by atoms with Crippen LogP contribution in [0.4, 0.5) is 4.39 Å². The lowest BCUT2D eigenvalue weighted by atomic mass is 10.2. The summed E-state index contributed by atoms with van der Waals surface area (Å²) in [6.07, 6.45) is 3.25. The lowest BCUT2D eigenvalue weighted by molar-refractivity contribution is 0.0957. The number of aromatic nitrogens is 4. The number of carbonyl (C=O) groups is 1. The van der Waals surface area contributed by atoms with Crippen molar-refractivity contribution < 1.29 is 13.9 Å². The Balaban J connectivity index is 1.52. The molecule has 1 amide bonds. The smallest absolute Gasteiger partial charge is 0.269 e. The molecule has 0 spiro atoms. The topological polar surface area (TPSA) is 91.0 Å². The van der Waals surface area contributed by atoms with Gasteiger partial charge in [-0.25, -0.2) is 9.07 Å². The molecule has 0 bridgehead atoms. The summed E-state index contributed by atoms with van der Waals surface area (Å²) in [5, 5.41) is 7.73. The van der Waals surface area contributed by atoms with E-state index >= 15 is 0 Å². The van der Waals surface area contributed by atoms with E-state index in [1.165, 1.54) is 42.2 Å². The van der Waals surface area contributed by atoms with Gasteiger partial charge in [0.15, 0.2) is 5.82 Å². The average molecular weight is 407 g/mol. The Morgan fingerprint density at radius 2 is 2.03 bits per heavy atom. The van der Waals surface area contributed by atoms with Crippen LogP contribution in [0.25, 0.3) is 16.7 Å². The van der Waals surface area contributed by atoms with Gasteiger partial charge in [0, 0.05) is 37.0 Å². The standard InChI is InChI=1S/C21H18FN5O3/c1-23-21(29)17-13-16(6-8-24-17)30-11-10-27-20(28)5-4-19(25-27)26-9-7-14-2-3-15(22)12-18(14)26/h2-9,12-13H,10-11H2,1H3,(H,23,29). The molecule has 0 atom stereocenters. The fourth-order valence-electron chi connectivity index (χ4n) is 3.03. The highest BCUT2D eigenvalue weighted by molar-refractivity contribution is 5.92. The second kappa shape index (κ2) is 8.16. The lowest BCUT2D eigenvalue weighted by Gasteiger charge is -2.10. The Bertz CT molecular complexity index is 1280. The van der Waals surface area contributed by atoms with Gasteiger partial charge in [-0.15, -0.1) is 0 Å². The first-order chi connectivity index (χ1) is 14.5. The maximum atomic E-state index is 13.6. The summed E-state index contributed by atoms with van der Waals surface area (Å²) >= 11 is 0. The van der Waals surface area contributed by atoms with E-state index in [1.54, 1.807) is 29.0 Å². The van der Waals surface area contributed by atoms with Gasteiger partial charge >= 0.3 is 0 Å². The number of ether oxygens (including phenoxy) is 1. The van der Waals surface area contributed by atoms with E-state index in [2.05, 4.69) is 15.4 Å². The molecule has 4 aromatic rings. The molecule has 0 unspecified atom stereocenters. The van der Waals surface area contributed by atoms with Crippen molar-refractivity contribution in [3.8, 4) is 11.6 Å². The molecule has 9 heteroatoms. The fraction of sp³-hybridized carbons (Fsp3) is 0.143. The van der Waals surface area contributed by atoms with Crippen molar-refractivity contribution in [1.29, 1.82) is 0 Å². The Morgan fingerprint density at radius 3 is 2.87 bits per heavy atom. The molecule has 3 heterocycles. The van der Waals surface area contributed by atoms with Gasteiger partial charge in [0.05, 0.1) is 12.1 Å². The molecule has 0 aliphatic heterocycles. The van der Waals surface area contributed by atoms with Crippen molar-refractivity contribution in [3.05, 3.63) is 82.8 Å². The third-order valence-corrected chi connectivity index (χ3v) is 4.52. The summed E-state index contributed by atoms with van der Waals surface area (Å²) in [5.74, 6) is 0.278. The van der Waals surface area contributed by atoms with E-state index in [0.29, 0.717) is 17.1 Å². The van der Waals surface area contributed by atoms with Crippen LogP contribution in [-0.2, 0) is 6.54 Å². The second-order valence-electron chi connectivity index (χ2n) is 6.45. The molecule has 0 fully saturated rings. The Hall–Kier alpha value is -4.01. The minimum absolute atomic E-state index is 0.161. The third-order valence-electron chi connectivity index (χ3n) is 4.52. The SMILES string of the molecule is CNC(=O)c1cc(OCCn2nc(-n3ccc4ccc(F)cc43)ccc2=O)ccn1. The number of carbonyl (C=O) groups excluding carboxylic acids is 1. The first-order valence-electron chi connectivity index (χ1n) is 9.21. The first kappa shape index (κ1) is 19.3. The quantitative estimate of drug-likeness (QED) is 0.529. The Labute approximate surface area is 170 Å². The predicted molar refractivity (Wildman–Crippen MR) is 108 cm³/mol. The lowest BCUT2D eigenvalue weighted by Crippen LogP contribution is -2.26. The van der Waals surface area contributed by atoms with Crippen LogP contribution in [0.1, 0.15) is 10.5 Å². The van der Waals surface area contributed by atoms with Crippen LogP contribution in [-0.4, -0.2) is 38.9 Å². The van der Waals surface area contributed by atoms with E-state index in [-0.39, 0.29) is 36.1 Å². The maximum absolute atomic E-state index is 13.6. The van der Waals surface area contributed by atoms with Crippen molar-refractivity contribution >= 4 is 16.8 Å². The molecule has 3 aromatic heterocycles. The number of halogens is 1. The predicted octanol–water partition coefficient (Wildman–Crippen LogP) is 2.16. The molecule has 8 nitrogen and oxygen atoms in total. The molecule has 0 aliphatic rings. The number of hydrogen-bond donors (Lipinski definition) is 1. The minimum atomic E-state index is -0.349. The zero-order valence-corrected chi connectivity index (χ0v) is 16.1. The summed E-state index contributed by atoms with van der Waals surface area (Å²) in [7, 11) is 1.52. The highest BCUT2D eigenvalue weighted by Crippen LogP contribution is 2.20. The van der Waals surface area contributed by atoms with Crippen LogP contribution in [0.15, 0.2) is 65.7 Å².